The first-order valence-electron chi connectivity index (χ1n) is 5.02. The monoisotopic (exact) mass is 197 g/mol. The Bertz CT molecular complexity index is 375. The van der Waals surface area contributed by atoms with Gasteiger partial charge in [-0.1, -0.05) is 66.7 Å². The molecule has 0 aliphatic rings. The highest BCUT2D eigenvalue weighted by Crippen LogP contribution is 2.23. The molecule has 2 rings (SSSR count). The van der Waals surface area contributed by atoms with E-state index in [9.17, 15) is 0 Å². The normalized spacial score (nSPS) is 10.2. The van der Waals surface area contributed by atoms with Gasteiger partial charge in [-0.15, -0.1) is 6.58 Å². The van der Waals surface area contributed by atoms with Crippen molar-refractivity contribution in [1.82, 2.24) is 0 Å². The van der Waals surface area contributed by atoms with Gasteiger partial charge in [0.15, 0.2) is 0 Å². The van der Waals surface area contributed by atoms with Gasteiger partial charge in [0.25, 0.3) is 0 Å². The minimum Gasteiger partial charge on any atom is -0.102 e. The second-order valence-corrected chi connectivity index (χ2v) is 3.35. The van der Waals surface area contributed by atoms with Gasteiger partial charge in [-0.3, -0.25) is 0 Å². The summed E-state index contributed by atoms with van der Waals surface area (Å²) in [6.07, 6.45) is 1.91. The number of rotatable bonds is 3. The average molecular weight is 197 g/mol. The first-order chi connectivity index (χ1) is 7.42. The zero-order valence-corrected chi connectivity index (χ0v) is 8.56. The molecule has 0 aliphatic heterocycles. The third kappa shape index (κ3) is 2.16. The van der Waals surface area contributed by atoms with Crippen LogP contribution in [0.5, 0.6) is 0 Å². The fraction of sp³-hybridized carbons (Fsp3) is 0. The fourth-order valence-corrected chi connectivity index (χ4v) is 1.64. The van der Waals surface area contributed by atoms with Gasteiger partial charge in [-0.25, -0.2) is 0 Å². The SMILES string of the molecule is C=C[C]([14c]1ccccc1)[14c]1ccccc1. The van der Waals surface area contributed by atoms with Crippen molar-refractivity contribution >= 4 is 0 Å². The molecule has 0 amide bonds. The molecular weight excluding hydrogens is 184 g/mol. The standard InChI is InChI=1S/C15H13/c1-2-15(13-9-5-3-6-10-13)14-11-7-4-8-12-14/h2-12H,1H2/i13+2,14+2. The maximum absolute atomic E-state index is 3.88. The number of hydrogen-bond donors (Lipinski definition) is 0. The summed E-state index contributed by atoms with van der Waals surface area (Å²) in [7, 11) is 0. The lowest BCUT2D eigenvalue weighted by Gasteiger charge is -2.11. The molecule has 0 spiro atoms. The van der Waals surface area contributed by atoms with Crippen LogP contribution in [0.25, 0.3) is 0 Å². The molecule has 0 saturated carbocycles. The highest BCUT2D eigenvalue weighted by molar-refractivity contribution is 5.50. The highest BCUT2D eigenvalue weighted by atomic mass is 15.2. The lowest BCUT2D eigenvalue weighted by molar-refractivity contribution is 1.29. The Balaban J connectivity index is 2.38. The van der Waals surface area contributed by atoms with E-state index in [1.165, 1.54) is 17.0 Å². The summed E-state index contributed by atoms with van der Waals surface area (Å²) in [5.74, 6) is 1.18. The number of hydrogen-bond acceptors (Lipinski definition) is 0. The van der Waals surface area contributed by atoms with Crippen LogP contribution in [0.1, 0.15) is 11.1 Å². The smallest absolute Gasteiger partial charge is 0.0551 e. The molecule has 0 saturated heterocycles. The zero-order valence-electron chi connectivity index (χ0n) is 8.56. The molecule has 2 aromatic carbocycles. The van der Waals surface area contributed by atoms with Crippen LogP contribution in [0.4, 0.5) is 0 Å². The van der Waals surface area contributed by atoms with E-state index in [4.69, 9.17) is 0 Å². The van der Waals surface area contributed by atoms with E-state index >= 15 is 0 Å². The maximum atomic E-state index is 3.88. The van der Waals surface area contributed by atoms with E-state index in [1.54, 1.807) is 0 Å². The van der Waals surface area contributed by atoms with E-state index < -0.39 is 0 Å². The predicted molar refractivity (Wildman–Crippen MR) is 64.5 cm³/mol. The quantitative estimate of drug-likeness (QED) is 0.701. The first kappa shape index (κ1) is 9.72. The second kappa shape index (κ2) is 4.61. The summed E-state index contributed by atoms with van der Waals surface area (Å²) in [5, 5.41) is 0. The van der Waals surface area contributed by atoms with Crippen LogP contribution in [0, 0.1) is 5.92 Å². The third-order valence-corrected chi connectivity index (χ3v) is 2.37. The number of allylic oxidation sites excluding steroid dienone is 1. The van der Waals surface area contributed by atoms with Crippen LogP contribution in [0.15, 0.2) is 73.3 Å². The minimum atomic E-state index is 1.18. The van der Waals surface area contributed by atoms with Crippen LogP contribution in [-0.4, -0.2) is 0 Å². The molecular formula is C15H13. The van der Waals surface area contributed by atoms with Crippen molar-refractivity contribution in [2.24, 2.45) is 0 Å². The molecule has 15 heavy (non-hydrogen) atoms. The Labute approximate surface area is 90.9 Å². The molecule has 0 aromatic heterocycles. The summed E-state index contributed by atoms with van der Waals surface area (Å²) in [6, 6.07) is 20.6. The molecule has 0 aliphatic carbocycles. The Morgan fingerprint density at radius 1 is 0.733 bits per heavy atom. The van der Waals surface area contributed by atoms with Crippen molar-refractivity contribution in [1.29, 1.82) is 0 Å². The van der Waals surface area contributed by atoms with Crippen molar-refractivity contribution in [3.8, 4) is 0 Å². The average Bonchev–Trinajstić information content (AvgIpc) is 2.33. The van der Waals surface area contributed by atoms with Gasteiger partial charge < -0.3 is 0 Å². The van der Waals surface area contributed by atoms with Crippen LogP contribution >= 0.6 is 0 Å². The zero-order chi connectivity index (χ0) is 10.5. The summed E-state index contributed by atoms with van der Waals surface area (Å²) >= 11 is 0. The van der Waals surface area contributed by atoms with Crippen molar-refractivity contribution in [3.05, 3.63) is 90.4 Å². The molecule has 73 valence electrons. The highest BCUT2D eigenvalue weighted by Gasteiger charge is 2.09. The lowest BCUT2D eigenvalue weighted by Crippen LogP contribution is -1.97. The van der Waals surface area contributed by atoms with Crippen molar-refractivity contribution in [3.63, 3.8) is 0 Å². The van der Waals surface area contributed by atoms with Gasteiger partial charge in [0.2, 0.25) is 0 Å². The molecule has 0 nitrogen and oxygen atoms in total. The van der Waals surface area contributed by atoms with Gasteiger partial charge in [0.05, 0.1) is 5.92 Å². The Hall–Kier alpha value is -1.82. The van der Waals surface area contributed by atoms with E-state index in [0.29, 0.717) is 0 Å². The van der Waals surface area contributed by atoms with Gasteiger partial charge in [0.1, 0.15) is 0 Å². The van der Waals surface area contributed by atoms with Crippen LogP contribution in [0.3, 0.4) is 0 Å². The van der Waals surface area contributed by atoms with Gasteiger partial charge >= 0.3 is 0 Å². The van der Waals surface area contributed by atoms with E-state index in [-0.39, 0.29) is 0 Å². The maximum Gasteiger partial charge on any atom is 0.0551 e. The molecule has 0 N–H and O–H groups in total. The molecule has 1 radical (unpaired) electrons. The van der Waals surface area contributed by atoms with Crippen LogP contribution in [-0.2, 0) is 0 Å². The summed E-state index contributed by atoms with van der Waals surface area (Å²) in [6.45, 7) is 3.88. The van der Waals surface area contributed by atoms with Crippen molar-refractivity contribution in [2.75, 3.05) is 0 Å². The van der Waals surface area contributed by atoms with Crippen molar-refractivity contribution < 1.29 is 0 Å². The molecule has 0 atom stereocenters. The Morgan fingerprint density at radius 2 is 1.13 bits per heavy atom. The van der Waals surface area contributed by atoms with E-state index in [1.807, 2.05) is 42.5 Å². The third-order valence-electron chi connectivity index (χ3n) is 2.37. The Morgan fingerprint density at radius 3 is 1.47 bits per heavy atom. The van der Waals surface area contributed by atoms with Gasteiger partial charge in [-0.2, -0.15) is 0 Å². The minimum absolute atomic E-state index is 1.18. The number of benzene rings is 2. The largest absolute Gasteiger partial charge is 0.102 e. The molecule has 0 unspecified atom stereocenters. The molecule has 0 bridgehead atoms. The van der Waals surface area contributed by atoms with E-state index in [0.717, 1.165) is 0 Å². The van der Waals surface area contributed by atoms with E-state index in [2.05, 4.69) is 30.8 Å². The fourth-order valence-electron chi connectivity index (χ4n) is 1.64. The van der Waals surface area contributed by atoms with Crippen LogP contribution in [0.2, 0.25) is 0 Å². The first-order valence-corrected chi connectivity index (χ1v) is 5.02. The van der Waals surface area contributed by atoms with Gasteiger partial charge in [-0.05, 0) is 11.1 Å². The summed E-state index contributed by atoms with van der Waals surface area (Å²) in [5.41, 5.74) is 2.41. The predicted octanol–water partition coefficient (Wildman–Crippen LogP) is 3.84. The lowest BCUT2D eigenvalue weighted by atomic mass is 10.3. The Kier molecular flexibility index (Phi) is 2.99. The second-order valence-electron chi connectivity index (χ2n) is 3.35. The van der Waals surface area contributed by atoms with Gasteiger partial charge in [0, 0.05) is 0 Å². The molecule has 0 heterocycles. The topological polar surface area (TPSA) is 0 Å². The summed E-state index contributed by atoms with van der Waals surface area (Å²) < 4.78 is 0. The van der Waals surface area contributed by atoms with Crippen molar-refractivity contribution in [2.45, 2.75) is 0 Å². The van der Waals surface area contributed by atoms with Crippen LogP contribution < -0.4 is 0 Å². The molecule has 0 heteroatoms. The molecule has 0 fully saturated rings. The molecule has 2 aromatic rings. The summed E-state index contributed by atoms with van der Waals surface area (Å²) in [4.78, 5) is 0.